The van der Waals surface area contributed by atoms with E-state index < -0.39 is 35.7 Å². The highest BCUT2D eigenvalue weighted by Crippen LogP contribution is 2.50. The van der Waals surface area contributed by atoms with Crippen LogP contribution in [-0.4, -0.2) is 42.4 Å². The molecule has 2 heterocycles. The zero-order valence-electron chi connectivity index (χ0n) is 23.5. The number of carbonyl (C=O) groups is 4. The summed E-state index contributed by atoms with van der Waals surface area (Å²) >= 11 is 0. The van der Waals surface area contributed by atoms with E-state index in [1.165, 1.54) is 4.90 Å². The third-order valence-electron chi connectivity index (χ3n) is 8.75. The molecule has 0 aromatic heterocycles. The van der Waals surface area contributed by atoms with Gasteiger partial charge in [-0.15, -0.1) is 0 Å². The maximum Gasteiger partial charge on any atom is 0.338 e. The van der Waals surface area contributed by atoms with E-state index in [4.69, 9.17) is 9.47 Å². The molecule has 2 aliphatic heterocycles. The van der Waals surface area contributed by atoms with Gasteiger partial charge in [0.2, 0.25) is 17.7 Å². The second kappa shape index (κ2) is 11.8. The molecule has 2 aromatic rings. The maximum absolute atomic E-state index is 14.4. The summed E-state index contributed by atoms with van der Waals surface area (Å²) in [4.78, 5) is 56.1. The second-order valence-corrected chi connectivity index (χ2v) is 11.3. The monoisotopic (exact) mass is 569 g/mol. The van der Waals surface area contributed by atoms with Gasteiger partial charge in [-0.3, -0.25) is 19.3 Å². The van der Waals surface area contributed by atoms with Crippen molar-refractivity contribution in [3.8, 4) is 0 Å². The van der Waals surface area contributed by atoms with Gasteiger partial charge in [0.1, 0.15) is 11.8 Å². The molecule has 5 atom stereocenters. The molecule has 2 aliphatic carbocycles. The fraction of sp³-hybridized carbons (Fsp3) is 0.394. The molecule has 0 spiro atoms. The summed E-state index contributed by atoms with van der Waals surface area (Å²) in [5, 5.41) is 6.19. The number of hydrogen-bond acceptors (Lipinski definition) is 6. The van der Waals surface area contributed by atoms with Crippen molar-refractivity contribution >= 4 is 35.1 Å². The molecule has 1 unspecified atom stereocenters. The zero-order valence-corrected chi connectivity index (χ0v) is 23.5. The lowest BCUT2D eigenvalue weighted by Gasteiger charge is -2.34. The summed E-state index contributed by atoms with van der Waals surface area (Å²) in [5.74, 6) is -3.34. The quantitative estimate of drug-likeness (QED) is 0.472. The van der Waals surface area contributed by atoms with Crippen LogP contribution in [0, 0.1) is 23.7 Å². The van der Waals surface area contributed by atoms with Crippen LogP contribution in [0.2, 0.25) is 0 Å². The predicted molar refractivity (Wildman–Crippen MR) is 156 cm³/mol. The van der Waals surface area contributed by atoms with Crippen molar-refractivity contribution in [3.05, 3.63) is 84.3 Å². The Bertz CT molecular complexity index is 1410. The second-order valence-electron chi connectivity index (χ2n) is 11.3. The fourth-order valence-corrected chi connectivity index (χ4v) is 6.81. The highest BCUT2D eigenvalue weighted by atomic mass is 16.5. The fourth-order valence-electron chi connectivity index (χ4n) is 6.81. The number of esters is 1. The van der Waals surface area contributed by atoms with Crippen molar-refractivity contribution in [3.63, 3.8) is 0 Å². The molecule has 0 radical (unpaired) electrons. The number of allylic oxidation sites excluding steroid dienone is 1. The van der Waals surface area contributed by atoms with Gasteiger partial charge in [0.15, 0.2) is 0 Å². The summed E-state index contributed by atoms with van der Waals surface area (Å²) in [7, 11) is 0. The minimum Gasteiger partial charge on any atom is -0.469 e. The third-order valence-corrected chi connectivity index (χ3v) is 8.75. The number of hydrogen-bond donors (Lipinski definition) is 2. The van der Waals surface area contributed by atoms with Crippen LogP contribution in [0.4, 0.5) is 11.4 Å². The molecule has 2 aromatic carbocycles. The van der Waals surface area contributed by atoms with Crippen LogP contribution in [0.5, 0.6) is 0 Å². The number of nitrogens with one attached hydrogen (secondary N) is 2. The molecular weight excluding hydrogens is 534 g/mol. The van der Waals surface area contributed by atoms with Crippen molar-refractivity contribution in [2.24, 2.45) is 23.7 Å². The lowest BCUT2D eigenvalue weighted by atomic mass is 9.69. The van der Waals surface area contributed by atoms with E-state index in [1.54, 1.807) is 55.7 Å². The Labute approximate surface area is 244 Å². The van der Waals surface area contributed by atoms with Crippen LogP contribution >= 0.6 is 0 Å². The van der Waals surface area contributed by atoms with E-state index in [2.05, 4.69) is 10.6 Å². The van der Waals surface area contributed by atoms with Gasteiger partial charge in [0.25, 0.3) is 0 Å². The van der Waals surface area contributed by atoms with Gasteiger partial charge in [-0.1, -0.05) is 37.5 Å². The van der Waals surface area contributed by atoms with Gasteiger partial charge < -0.3 is 20.1 Å². The first-order valence-corrected chi connectivity index (χ1v) is 14.8. The molecule has 218 valence electrons. The number of nitrogens with zero attached hydrogens (tertiary/aromatic N) is 1. The summed E-state index contributed by atoms with van der Waals surface area (Å²) in [6.07, 6.45) is 10.2. The average molecular weight is 570 g/mol. The lowest BCUT2D eigenvalue weighted by Crippen LogP contribution is -2.50. The maximum atomic E-state index is 14.4. The summed E-state index contributed by atoms with van der Waals surface area (Å²) < 4.78 is 10.9. The van der Waals surface area contributed by atoms with E-state index in [9.17, 15) is 19.2 Å². The van der Waals surface area contributed by atoms with Crippen LogP contribution in [0.1, 0.15) is 49.4 Å². The van der Waals surface area contributed by atoms with Crippen molar-refractivity contribution < 1.29 is 28.7 Å². The van der Waals surface area contributed by atoms with Gasteiger partial charge in [-0.05, 0) is 68.3 Å². The van der Waals surface area contributed by atoms with Gasteiger partial charge >= 0.3 is 5.97 Å². The molecule has 9 heteroatoms. The minimum absolute atomic E-state index is 0.0407. The van der Waals surface area contributed by atoms with Gasteiger partial charge in [-0.2, -0.15) is 0 Å². The number of fused-ring (bicyclic) bond motifs is 2. The van der Waals surface area contributed by atoms with Crippen LogP contribution in [0.25, 0.3) is 0 Å². The Morgan fingerprint density at radius 1 is 0.976 bits per heavy atom. The van der Waals surface area contributed by atoms with Crippen molar-refractivity contribution in [1.29, 1.82) is 0 Å². The molecule has 6 rings (SSSR count). The minimum atomic E-state index is -0.887. The number of carbonyl (C=O) groups excluding carboxylic acids is 4. The zero-order chi connectivity index (χ0) is 29.2. The molecule has 1 saturated carbocycles. The predicted octanol–water partition coefficient (Wildman–Crippen LogP) is 4.57. The first-order chi connectivity index (χ1) is 20.5. The molecule has 0 bridgehead atoms. The molecular formula is C33H35N3O6. The lowest BCUT2D eigenvalue weighted by molar-refractivity contribution is -0.131. The van der Waals surface area contributed by atoms with Gasteiger partial charge in [0.05, 0.1) is 36.2 Å². The highest BCUT2D eigenvalue weighted by Gasteiger charge is 2.60. The van der Waals surface area contributed by atoms with Crippen LogP contribution in [0.15, 0.2) is 78.8 Å². The number of para-hydroxylation sites is 1. The van der Waals surface area contributed by atoms with Gasteiger partial charge in [0, 0.05) is 23.3 Å². The smallest absolute Gasteiger partial charge is 0.338 e. The van der Waals surface area contributed by atoms with Crippen LogP contribution < -0.4 is 15.5 Å². The Balaban J connectivity index is 1.38. The van der Waals surface area contributed by atoms with Crippen LogP contribution in [0.3, 0.4) is 0 Å². The van der Waals surface area contributed by atoms with Gasteiger partial charge in [-0.25, -0.2) is 4.79 Å². The largest absolute Gasteiger partial charge is 0.469 e. The Kier molecular flexibility index (Phi) is 7.82. The van der Waals surface area contributed by atoms with E-state index in [0.29, 0.717) is 22.7 Å². The summed E-state index contributed by atoms with van der Waals surface area (Å²) in [6, 6.07) is 14.8. The first-order valence-electron chi connectivity index (χ1n) is 14.8. The van der Waals surface area contributed by atoms with Crippen molar-refractivity contribution in [2.45, 2.75) is 51.1 Å². The summed E-state index contributed by atoms with van der Waals surface area (Å²) in [6.45, 7) is 1.98. The average Bonchev–Trinajstić information content (AvgIpc) is 3.59. The number of ether oxygens (including phenoxy) is 2. The molecule has 1 saturated heterocycles. The molecule has 3 amide bonds. The molecule has 2 fully saturated rings. The number of rotatable bonds is 7. The van der Waals surface area contributed by atoms with Crippen LogP contribution in [-0.2, 0) is 23.9 Å². The Morgan fingerprint density at radius 2 is 1.71 bits per heavy atom. The first kappa shape index (κ1) is 27.8. The standard InChI is InChI=1S/C33H35N3O6/c1-2-41-33(40)20-13-15-23(16-14-20)36-29(31(38)35-22-11-7-4-8-12-22)25-19-26-24(17-18-42-26)27(28(25)32(36)39)30(37)34-21-9-5-3-6-10-21/h3,5-6,9-10,13-19,22,24-25,27-29H,2,4,7-8,11-12H2,1H3,(H,34,37)(H,35,38)/t24-,25+,27+,28?,29-/m0/s1. The third kappa shape index (κ3) is 5.19. The molecule has 9 nitrogen and oxygen atoms in total. The summed E-state index contributed by atoms with van der Waals surface area (Å²) in [5.41, 5.74) is 1.46. The molecule has 42 heavy (non-hydrogen) atoms. The topological polar surface area (TPSA) is 114 Å². The number of amides is 3. The number of anilines is 2. The Morgan fingerprint density at radius 3 is 2.43 bits per heavy atom. The SMILES string of the molecule is CCOC(=O)c1ccc(N2C(=O)C3[C@@H](C=C4OC=C[C@@H]4[C@H]3C(=O)Nc3ccccc3)[C@H]2C(=O)NC2CCCCC2)cc1. The molecule has 2 N–H and O–H groups in total. The molecule has 4 aliphatic rings. The van der Waals surface area contributed by atoms with E-state index in [0.717, 1.165) is 32.1 Å². The Hall–Kier alpha value is -4.40. The van der Waals surface area contributed by atoms with Crippen molar-refractivity contribution in [2.75, 3.05) is 16.8 Å². The van der Waals surface area contributed by atoms with E-state index in [-0.39, 0.29) is 30.4 Å². The van der Waals surface area contributed by atoms with E-state index in [1.807, 2.05) is 24.3 Å². The van der Waals surface area contributed by atoms with Crippen molar-refractivity contribution in [1.82, 2.24) is 5.32 Å². The number of benzene rings is 2. The normalized spacial score (nSPS) is 26.5. The highest BCUT2D eigenvalue weighted by molar-refractivity contribution is 6.09. The van der Waals surface area contributed by atoms with E-state index >= 15 is 0 Å².